The van der Waals surface area contributed by atoms with Crippen LogP contribution in [0.3, 0.4) is 0 Å². The van der Waals surface area contributed by atoms with Crippen LogP contribution in [-0.4, -0.2) is 16.1 Å². The van der Waals surface area contributed by atoms with Crippen LogP contribution in [0.4, 0.5) is 5.13 Å². The largest absolute Gasteiger partial charge is 0.324 e. The number of nitrogens with one attached hydrogen (secondary N) is 2. The van der Waals surface area contributed by atoms with Gasteiger partial charge in [-0.3, -0.25) is 14.9 Å². The molecule has 0 saturated heterocycles. The quantitative estimate of drug-likeness (QED) is 0.826. The molecule has 1 amide bonds. The highest BCUT2D eigenvalue weighted by Gasteiger charge is 2.07. The van der Waals surface area contributed by atoms with Crippen molar-refractivity contribution in [2.45, 2.75) is 6.92 Å². The Kier molecular flexibility index (Phi) is 2.82. The minimum Gasteiger partial charge on any atom is -0.296 e. The number of nitrogens with zero attached hydrogens (tertiary/aromatic N) is 1. The lowest BCUT2D eigenvalue weighted by Crippen LogP contribution is -2.11. The number of amides is 1. The van der Waals surface area contributed by atoms with Gasteiger partial charge in [0.15, 0.2) is 0 Å². The zero-order valence-electron chi connectivity index (χ0n) is 8.48. The van der Waals surface area contributed by atoms with Gasteiger partial charge in [-0.05, 0) is 30.4 Å². The maximum Gasteiger partial charge on any atom is 0.324 e. The van der Waals surface area contributed by atoms with Gasteiger partial charge in [-0.2, -0.15) is 0 Å². The second-order valence-corrected chi connectivity index (χ2v) is 4.20. The third kappa shape index (κ3) is 2.34. The van der Waals surface area contributed by atoms with Crippen molar-refractivity contribution in [3.63, 3.8) is 0 Å². The fraction of sp³-hybridized carbons (Fsp3) is 0.100. The molecule has 82 valence electrons. The van der Waals surface area contributed by atoms with Gasteiger partial charge in [-0.15, -0.1) is 5.10 Å². The lowest BCUT2D eigenvalue weighted by molar-refractivity contribution is 0.102. The lowest BCUT2D eigenvalue weighted by Gasteiger charge is -2.00. The predicted molar refractivity (Wildman–Crippen MR) is 61.9 cm³/mol. The van der Waals surface area contributed by atoms with Crippen LogP contribution in [0.25, 0.3) is 0 Å². The first-order valence-corrected chi connectivity index (χ1v) is 5.40. The standard InChI is InChI=1S/C10H9N3O2S/c1-6-2-4-7(5-3-6)8(14)11-9-12-13-10(15)16-9/h2-5H,1H3,(H,13,15)(H,11,12,14). The first-order valence-electron chi connectivity index (χ1n) is 4.59. The first kappa shape index (κ1) is 10.6. The van der Waals surface area contributed by atoms with Crippen molar-refractivity contribution < 1.29 is 4.79 Å². The van der Waals surface area contributed by atoms with E-state index in [0.717, 1.165) is 16.9 Å². The Morgan fingerprint density at radius 1 is 1.38 bits per heavy atom. The number of benzene rings is 1. The van der Waals surface area contributed by atoms with Crippen LogP contribution in [0.15, 0.2) is 29.1 Å². The Morgan fingerprint density at radius 3 is 2.62 bits per heavy atom. The van der Waals surface area contributed by atoms with Crippen molar-refractivity contribution in [3.05, 3.63) is 45.1 Å². The zero-order valence-corrected chi connectivity index (χ0v) is 9.30. The van der Waals surface area contributed by atoms with E-state index in [2.05, 4.69) is 15.5 Å². The molecule has 2 aromatic rings. The van der Waals surface area contributed by atoms with Gasteiger partial charge >= 0.3 is 4.87 Å². The molecule has 0 aliphatic carbocycles. The van der Waals surface area contributed by atoms with E-state index in [1.807, 2.05) is 19.1 Å². The Hall–Kier alpha value is -1.95. The number of carbonyl (C=O) groups is 1. The van der Waals surface area contributed by atoms with Gasteiger partial charge < -0.3 is 0 Å². The molecule has 0 radical (unpaired) electrons. The average Bonchev–Trinajstić information content (AvgIpc) is 2.65. The Labute approximate surface area is 95.1 Å². The summed E-state index contributed by atoms with van der Waals surface area (Å²) < 4.78 is 0. The van der Waals surface area contributed by atoms with Crippen LogP contribution in [0.2, 0.25) is 0 Å². The molecule has 0 aliphatic heterocycles. The number of rotatable bonds is 2. The summed E-state index contributed by atoms with van der Waals surface area (Å²) >= 11 is 0.860. The summed E-state index contributed by atoms with van der Waals surface area (Å²) in [6.45, 7) is 1.95. The predicted octanol–water partition coefficient (Wildman–Crippen LogP) is 1.39. The fourth-order valence-electron chi connectivity index (χ4n) is 1.16. The number of hydrogen-bond donors (Lipinski definition) is 2. The third-order valence-electron chi connectivity index (χ3n) is 1.97. The van der Waals surface area contributed by atoms with Gasteiger partial charge in [0.25, 0.3) is 5.91 Å². The molecular weight excluding hydrogens is 226 g/mol. The molecule has 0 unspecified atom stereocenters. The summed E-state index contributed by atoms with van der Waals surface area (Å²) in [5.74, 6) is -0.275. The van der Waals surface area contributed by atoms with E-state index in [4.69, 9.17) is 0 Å². The smallest absolute Gasteiger partial charge is 0.296 e. The number of carbonyl (C=O) groups excluding carboxylic acids is 1. The molecule has 0 aliphatic rings. The van der Waals surface area contributed by atoms with E-state index < -0.39 is 0 Å². The monoisotopic (exact) mass is 235 g/mol. The van der Waals surface area contributed by atoms with Crippen molar-refractivity contribution in [1.29, 1.82) is 0 Å². The van der Waals surface area contributed by atoms with Crippen molar-refractivity contribution in [2.75, 3.05) is 5.32 Å². The summed E-state index contributed by atoms with van der Waals surface area (Å²) in [7, 11) is 0. The summed E-state index contributed by atoms with van der Waals surface area (Å²) in [6.07, 6.45) is 0. The number of hydrogen-bond acceptors (Lipinski definition) is 4. The summed E-state index contributed by atoms with van der Waals surface area (Å²) in [5.41, 5.74) is 1.62. The maximum absolute atomic E-state index is 11.7. The molecule has 1 aromatic heterocycles. The van der Waals surface area contributed by atoms with Crippen molar-refractivity contribution in [3.8, 4) is 0 Å². The zero-order chi connectivity index (χ0) is 11.5. The highest BCUT2D eigenvalue weighted by molar-refractivity contribution is 7.13. The minimum atomic E-state index is -0.292. The topological polar surface area (TPSA) is 74.8 Å². The highest BCUT2D eigenvalue weighted by atomic mass is 32.1. The van der Waals surface area contributed by atoms with Crippen LogP contribution < -0.4 is 10.2 Å². The molecule has 5 nitrogen and oxygen atoms in total. The van der Waals surface area contributed by atoms with E-state index in [-0.39, 0.29) is 15.9 Å². The number of H-pyrrole nitrogens is 1. The van der Waals surface area contributed by atoms with Gasteiger partial charge in [-0.1, -0.05) is 17.7 Å². The van der Waals surface area contributed by atoms with Gasteiger partial charge in [-0.25, -0.2) is 5.10 Å². The molecule has 2 N–H and O–H groups in total. The van der Waals surface area contributed by atoms with Crippen molar-refractivity contribution in [1.82, 2.24) is 10.2 Å². The van der Waals surface area contributed by atoms with E-state index in [1.54, 1.807) is 12.1 Å². The minimum absolute atomic E-state index is 0.274. The first-order chi connectivity index (χ1) is 7.65. The van der Waals surface area contributed by atoms with E-state index in [9.17, 15) is 9.59 Å². The van der Waals surface area contributed by atoms with E-state index >= 15 is 0 Å². The Bertz CT molecular complexity index is 556. The molecular formula is C10H9N3O2S. The number of anilines is 1. The van der Waals surface area contributed by atoms with E-state index in [1.165, 1.54) is 0 Å². The summed E-state index contributed by atoms with van der Waals surface area (Å²) in [5, 5.41) is 8.69. The molecule has 0 fully saturated rings. The van der Waals surface area contributed by atoms with Crippen molar-refractivity contribution in [2.24, 2.45) is 0 Å². The number of aromatic amines is 1. The van der Waals surface area contributed by atoms with Crippen LogP contribution in [0.1, 0.15) is 15.9 Å². The van der Waals surface area contributed by atoms with Gasteiger partial charge in [0, 0.05) is 5.56 Å². The third-order valence-corrected chi connectivity index (χ3v) is 2.64. The molecule has 1 aromatic carbocycles. The van der Waals surface area contributed by atoms with Gasteiger partial charge in [0.1, 0.15) is 0 Å². The normalized spacial score (nSPS) is 10.1. The molecule has 1 heterocycles. The van der Waals surface area contributed by atoms with Gasteiger partial charge in [0.05, 0.1) is 0 Å². The molecule has 0 spiro atoms. The highest BCUT2D eigenvalue weighted by Crippen LogP contribution is 2.08. The van der Waals surface area contributed by atoms with Crippen LogP contribution in [0, 0.1) is 6.92 Å². The van der Waals surface area contributed by atoms with Gasteiger partial charge in [0.2, 0.25) is 5.13 Å². The molecule has 0 bridgehead atoms. The molecule has 6 heteroatoms. The summed E-state index contributed by atoms with van der Waals surface area (Å²) in [4.78, 5) is 22.2. The van der Waals surface area contributed by atoms with E-state index in [0.29, 0.717) is 5.56 Å². The lowest BCUT2D eigenvalue weighted by atomic mass is 10.1. The number of aromatic nitrogens is 2. The average molecular weight is 235 g/mol. The Balaban J connectivity index is 2.14. The van der Waals surface area contributed by atoms with Crippen LogP contribution in [0.5, 0.6) is 0 Å². The second kappa shape index (κ2) is 4.28. The molecule has 0 saturated carbocycles. The molecule has 2 rings (SSSR count). The molecule has 0 atom stereocenters. The summed E-state index contributed by atoms with van der Waals surface area (Å²) in [6, 6.07) is 7.14. The molecule has 16 heavy (non-hydrogen) atoms. The maximum atomic E-state index is 11.7. The number of aryl methyl sites for hydroxylation is 1. The fourth-order valence-corrected chi connectivity index (χ4v) is 1.66. The second-order valence-electron chi connectivity index (χ2n) is 3.24. The van der Waals surface area contributed by atoms with Crippen molar-refractivity contribution >= 4 is 22.4 Å². The SMILES string of the molecule is Cc1ccc(C(=O)Nc2n[nH]c(=O)s2)cc1. The van der Waals surface area contributed by atoms with Crippen LogP contribution in [-0.2, 0) is 0 Å². The van der Waals surface area contributed by atoms with Crippen LogP contribution >= 0.6 is 11.3 Å². The Morgan fingerprint density at radius 2 is 2.06 bits per heavy atom.